The van der Waals surface area contributed by atoms with E-state index in [2.05, 4.69) is 17.3 Å². The molecule has 6 heteroatoms. The van der Waals surface area contributed by atoms with E-state index < -0.39 is 9.84 Å². The number of hydrogen-bond acceptors (Lipinski definition) is 5. The minimum absolute atomic E-state index is 0.182. The van der Waals surface area contributed by atoms with E-state index in [0.717, 1.165) is 45.5 Å². The average Bonchev–Trinajstić information content (AvgIpc) is 2.71. The van der Waals surface area contributed by atoms with E-state index in [1.807, 2.05) is 0 Å². The topological polar surface area (TPSA) is 58.6 Å². The van der Waals surface area contributed by atoms with Gasteiger partial charge in [-0.3, -0.25) is 0 Å². The van der Waals surface area contributed by atoms with Crippen LogP contribution in [0.5, 0.6) is 0 Å². The summed E-state index contributed by atoms with van der Waals surface area (Å²) in [5.74, 6) is 0.672. The molecule has 1 atom stereocenters. The lowest BCUT2D eigenvalue weighted by molar-refractivity contribution is 0.0210. The van der Waals surface area contributed by atoms with Gasteiger partial charge in [-0.2, -0.15) is 0 Å². The highest BCUT2D eigenvalue weighted by Crippen LogP contribution is 2.31. The number of sulfone groups is 1. The second-order valence-corrected chi connectivity index (χ2v) is 8.38. The van der Waals surface area contributed by atoms with Crippen LogP contribution in [0.15, 0.2) is 0 Å². The highest BCUT2D eigenvalue weighted by atomic mass is 32.2. The molecule has 2 fully saturated rings. The van der Waals surface area contributed by atoms with Crippen molar-refractivity contribution in [2.45, 2.75) is 25.3 Å². The van der Waals surface area contributed by atoms with Gasteiger partial charge < -0.3 is 15.0 Å². The minimum Gasteiger partial charge on any atom is -0.384 e. The average molecular weight is 290 g/mol. The molecule has 0 amide bonds. The van der Waals surface area contributed by atoms with Gasteiger partial charge >= 0.3 is 0 Å². The smallest absolute Gasteiger partial charge is 0.151 e. The Bertz CT molecular complexity index is 385. The van der Waals surface area contributed by atoms with Gasteiger partial charge in [0, 0.05) is 25.1 Å². The maximum atomic E-state index is 11.6. The van der Waals surface area contributed by atoms with Crippen LogP contribution in [0, 0.1) is 5.41 Å². The number of hydrogen-bond donors (Lipinski definition) is 1. The quantitative estimate of drug-likeness (QED) is 0.779. The maximum absolute atomic E-state index is 11.6. The van der Waals surface area contributed by atoms with Crippen molar-refractivity contribution in [3.8, 4) is 0 Å². The molecule has 112 valence electrons. The molecule has 2 aliphatic heterocycles. The van der Waals surface area contributed by atoms with Crippen LogP contribution >= 0.6 is 0 Å². The Kier molecular flexibility index (Phi) is 4.87. The van der Waals surface area contributed by atoms with Gasteiger partial charge in [0.05, 0.1) is 18.1 Å². The molecule has 2 rings (SSSR count). The minimum atomic E-state index is -2.80. The van der Waals surface area contributed by atoms with Crippen LogP contribution in [-0.4, -0.2) is 71.3 Å². The van der Waals surface area contributed by atoms with Crippen LogP contribution in [0.25, 0.3) is 0 Å². The molecule has 0 saturated carbocycles. The zero-order valence-electron chi connectivity index (χ0n) is 12.0. The van der Waals surface area contributed by atoms with Crippen molar-refractivity contribution in [3.05, 3.63) is 0 Å². The summed E-state index contributed by atoms with van der Waals surface area (Å²) in [7, 11) is 1.02. The molecule has 1 unspecified atom stereocenters. The third-order valence-corrected chi connectivity index (χ3v) is 6.28. The Labute approximate surface area is 116 Å². The van der Waals surface area contributed by atoms with E-state index in [-0.39, 0.29) is 11.5 Å². The van der Waals surface area contributed by atoms with Crippen LogP contribution in [-0.2, 0) is 14.6 Å². The summed E-state index contributed by atoms with van der Waals surface area (Å²) in [6.07, 6.45) is 2.98. The highest BCUT2D eigenvalue weighted by Gasteiger charge is 2.37. The van der Waals surface area contributed by atoms with Crippen LogP contribution in [0.1, 0.15) is 19.3 Å². The molecule has 2 saturated heterocycles. The molecule has 0 aromatic carbocycles. The van der Waals surface area contributed by atoms with E-state index >= 15 is 0 Å². The Hall–Kier alpha value is -0.170. The first-order valence-electron chi connectivity index (χ1n) is 7.07. The molecule has 0 spiro atoms. The molecule has 5 nitrogen and oxygen atoms in total. The molecule has 0 aromatic rings. The van der Waals surface area contributed by atoms with Gasteiger partial charge in [-0.15, -0.1) is 0 Å². The van der Waals surface area contributed by atoms with Crippen LogP contribution < -0.4 is 5.32 Å². The van der Waals surface area contributed by atoms with Crippen molar-refractivity contribution in [1.82, 2.24) is 10.2 Å². The Morgan fingerprint density at radius 2 is 2.05 bits per heavy atom. The van der Waals surface area contributed by atoms with Gasteiger partial charge in [0.2, 0.25) is 0 Å². The lowest BCUT2D eigenvalue weighted by Gasteiger charge is -2.41. The summed E-state index contributed by atoms with van der Waals surface area (Å²) in [5, 5.41) is 3.38. The molecule has 0 aliphatic carbocycles. The highest BCUT2D eigenvalue weighted by molar-refractivity contribution is 7.91. The summed E-state index contributed by atoms with van der Waals surface area (Å²) < 4.78 is 28.6. The molecular formula is C13H26N2O3S. The molecule has 0 bridgehead atoms. The van der Waals surface area contributed by atoms with Gasteiger partial charge in [0.1, 0.15) is 0 Å². The van der Waals surface area contributed by atoms with Gasteiger partial charge in [-0.25, -0.2) is 8.42 Å². The van der Waals surface area contributed by atoms with E-state index in [0.29, 0.717) is 11.5 Å². The number of methoxy groups -OCH3 is 1. The lowest BCUT2D eigenvalue weighted by atomic mass is 9.79. The molecule has 1 N–H and O–H groups in total. The number of nitrogens with one attached hydrogen (secondary N) is 1. The van der Waals surface area contributed by atoms with Crippen molar-refractivity contribution >= 4 is 9.84 Å². The van der Waals surface area contributed by atoms with E-state index in [1.165, 1.54) is 0 Å². The summed E-state index contributed by atoms with van der Waals surface area (Å²) >= 11 is 0. The predicted octanol–water partition coefficient (Wildman–Crippen LogP) is 0.122. The summed E-state index contributed by atoms with van der Waals surface area (Å²) in [6, 6.07) is 0.189. The molecule has 2 heterocycles. The van der Waals surface area contributed by atoms with Crippen LogP contribution in [0.2, 0.25) is 0 Å². The first-order chi connectivity index (χ1) is 8.96. The standard InChI is InChI=1S/C13H26N2O3S/c1-15(12-3-8-19(16,17)9-12)10-13(11-18-2)4-6-14-7-5-13/h12,14H,3-11H2,1-2H3. The normalized spacial score (nSPS) is 29.7. The van der Waals surface area contributed by atoms with Crippen molar-refractivity contribution in [1.29, 1.82) is 0 Å². The lowest BCUT2D eigenvalue weighted by Crippen LogP contribution is -2.49. The largest absolute Gasteiger partial charge is 0.384 e. The zero-order chi connectivity index (χ0) is 13.9. The van der Waals surface area contributed by atoms with Crippen molar-refractivity contribution in [2.24, 2.45) is 5.41 Å². The molecule has 19 heavy (non-hydrogen) atoms. The second kappa shape index (κ2) is 6.08. The van der Waals surface area contributed by atoms with Gasteiger partial charge in [-0.05, 0) is 39.4 Å². The van der Waals surface area contributed by atoms with E-state index in [1.54, 1.807) is 7.11 Å². The monoisotopic (exact) mass is 290 g/mol. The predicted molar refractivity (Wildman–Crippen MR) is 76.1 cm³/mol. The summed E-state index contributed by atoms with van der Waals surface area (Å²) in [4.78, 5) is 2.24. The first-order valence-corrected chi connectivity index (χ1v) is 8.89. The van der Waals surface area contributed by atoms with Gasteiger partial charge in [-0.1, -0.05) is 0 Å². The molecule has 0 radical (unpaired) electrons. The molecular weight excluding hydrogens is 264 g/mol. The Morgan fingerprint density at radius 3 is 2.58 bits per heavy atom. The Balaban J connectivity index is 1.97. The van der Waals surface area contributed by atoms with Crippen LogP contribution in [0.4, 0.5) is 0 Å². The number of ether oxygens (including phenoxy) is 1. The van der Waals surface area contributed by atoms with Crippen molar-refractivity contribution in [2.75, 3.05) is 51.9 Å². The number of rotatable bonds is 5. The summed E-state index contributed by atoms with van der Waals surface area (Å²) in [5.41, 5.74) is 0.182. The summed E-state index contributed by atoms with van der Waals surface area (Å²) in [6.45, 7) is 3.75. The Morgan fingerprint density at radius 1 is 1.37 bits per heavy atom. The second-order valence-electron chi connectivity index (χ2n) is 6.15. The van der Waals surface area contributed by atoms with Gasteiger partial charge in [0.15, 0.2) is 9.84 Å². The third kappa shape index (κ3) is 3.90. The van der Waals surface area contributed by atoms with E-state index in [4.69, 9.17) is 4.74 Å². The van der Waals surface area contributed by atoms with E-state index in [9.17, 15) is 8.42 Å². The SMILES string of the molecule is COCC1(CN(C)C2CCS(=O)(=O)C2)CCNCC1. The zero-order valence-corrected chi connectivity index (χ0v) is 12.8. The number of nitrogens with zero attached hydrogens (tertiary/aromatic N) is 1. The molecule has 0 aromatic heterocycles. The van der Waals surface area contributed by atoms with Crippen molar-refractivity contribution in [3.63, 3.8) is 0 Å². The number of piperidine rings is 1. The molecule has 2 aliphatic rings. The van der Waals surface area contributed by atoms with Crippen molar-refractivity contribution < 1.29 is 13.2 Å². The first kappa shape index (κ1) is 15.2. The fraction of sp³-hybridized carbons (Fsp3) is 1.00. The fourth-order valence-electron chi connectivity index (χ4n) is 3.39. The fourth-order valence-corrected chi connectivity index (χ4v) is 5.20. The maximum Gasteiger partial charge on any atom is 0.151 e. The van der Waals surface area contributed by atoms with Gasteiger partial charge in [0.25, 0.3) is 0 Å². The third-order valence-electron chi connectivity index (χ3n) is 4.53. The van der Waals surface area contributed by atoms with Crippen LogP contribution in [0.3, 0.4) is 0 Å².